The van der Waals surface area contributed by atoms with E-state index in [-0.39, 0.29) is 5.56 Å². The van der Waals surface area contributed by atoms with Gasteiger partial charge in [-0.1, -0.05) is 40.2 Å². The molecule has 94 valence electrons. The second-order valence-electron chi connectivity index (χ2n) is 3.88. The third-order valence-electron chi connectivity index (χ3n) is 2.79. The van der Waals surface area contributed by atoms with E-state index in [1.165, 1.54) is 18.2 Å². The SMILES string of the molecule is CNC(c1ccccc1Br)c1c(F)cccc1F. The Kier molecular flexibility index (Phi) is 4.09. The monoisotopic (exact) mass is 311 g/mol. The summed E-state index contributed by atoms with van der Waals surface area (Å²) in [5, 5.41) is 2.95. The highest BCUT2D eigenvalue weighted by Crippen LogP contribution is 2.31. The van der Waals surface area contributed by atoms with Crippen LogP contribution in [0.4, 0.5) is 8.78 Å². The second kappa shape index (κ2) is 5.59. The van der Waals surface area contributed by atoms with E-state index < -0.39 is 17.7 Å². The average Bonchev–Trinajstić information content (AvgIpc) is 2.35. The molecule has 4 heteroatoms. The van der Waals surface area contributed by atoms with Crippen molar-refractivity contribution >= 4 is 15.9 Å². The molecule has 0 aromatic heterocycles. The fourth-order valence-electron chi connectivity index (χ4n) is 1.95. The number of hydrogen-bond acceptors (Lipinski definition) is 1. The maximum Gasteiger partial charge on any atom is 0.131 e. The normalized spacial score (nSPS) is 12.4. The van der Waals surface area contributed by atoms with E-state index in [4.69, 9.17) is 0 Å². The molecule has 0 saturated carbocycles. The summed E-state index contributed by atoms with van der Waals surface area (Å²) in [4.78, 5) is 0. The van der Waals surface area contributed by atoms with Crippen LogP contribution in [0.3, 0.4) is 0 Å². The van der Waals surface area contributed by atoms with E-state index in [2.05, 4.69) is 21.2 Å². The first kappa shape index (κ1) is 13.2. The van der Waals surface area contributed by atoms with Crippen LogP contribution in [0.1, 0.15) is 17.2 Å². The molecule has 0 spiro atoms. The lowest BCUT2D eigenvalue weighted by Crippen LogP contribution is -2.20. The van der Waals surface area contributed by atoms with Gasteiger partial charge in [0.25, 0.3) is 0 Å². The zero-order valence-corrected chi connectivity index (χ0v) is 11.3. The van der Waals surface area contributed by atoms with Crippen molar-refractivity contribution in [3.63, 3.8) is 0 Å². The lowest BCUT2D eigenvalue weighted by molar-refractivity contribution is 0.521. The van der Waals surface area contributed by atoms with Crippen LogP contribution in [-0.4, -0.2) is 7.05 Å². The van der Waals surface area contributed by atoms with Gasteiger partial charge < -0.3 is 5.32 Å². The minimum absolute atomic E-state index is 0.0342. The van der Waals surface area contributed by atoms with Gasteiger partial charge in [0.2, 0.25) is 0 Å². The Balaban J connectivity index is 2.56. The van der Waals surface area contributed by atoms with Gasteiger partial charge in [-0.25, -0.2) is 8.78 Å². The van der Waals surface area contributed by atoms with Crippen LogP contribution < -0.4 is 5.32 Å². The van der Waals surface area contributed by atoms with Gasteiger partial charge in [0.1, 0.15) is 11.6 Å². The van der Waals surface area contributed by atoms with Gasteiger partial charge in [-0.05, 0) is 30.8 Å². The highest BCUT2D eigenvalue weighted by atomic mass is 79.9. The molecule has 2 rings (SSSR count). The molecular weight excluding hydrogens is 300 g/mol. The number of benzene rings is 2. The lowest BCUT2D eigenvalue weighted by atomic mass is 9.98. The third kappa shape index (κ3) is 2.44. The first-order valence-corrected chi connectivity index (χ1v) is 6.30. The zero-order valence-electron chi connectivity index (χ0n) is 9.75. The number of nitrogens with one attached hydrogen (secondary N) is 1. The molecule has 1 atom stereocenters. The Morgan fingerprint density at radius 3 is 2.17 bits per heavy atom. The van der Waals surface area contributed by atoms with Crippen molar-refractivity contribution in [3.05, 3.63) is 69.7 Å². The Morgan fingerprint density at radius 2 is 1.61 bits per heavy atom. The summed E-state index contributed by atoms with van der Waals surface area (Å²) in [6, 6.07) is 10.7. The summed E-state index contributed by atoms with van der Waals surface area (Å²) in [6.45, 7) is 0. The maximum atomic E-state index is 13.8. The van der Waals surface area contributed by atoms with Crippen molar-refractivity contribution in [1.82, 2.24) is 5.32 Å². The Morgan fingerprint density at radius 1 is 1.00 bits per heavy atom. The fraction of sp³-hybridized carbons (Fsp3) is 0.143. The van der Waals surface area contributed by atoms with Crippen molar-refractivity contribution < 1.29 is 8.78 Å². The van der Waals surface area contributed by atoms with Gasteiger partial charge in [-0.2, -0.15) is 0 Å². The highest BCUT2D eigenvalue weighted by Gasteiger charge is 2.21. The molecule has 18 heavy (non-hydrogen) atoms. The van der Waals surface area contributed by atoms with Gasteiger partial charge in [0.05, 0.1) is 6.04 Å². The molecule has 0 heterocycles. The predicted octanol–water partition coefficient (Wildman–Crippen LogP) is 4.04. The quantitative estimate of drug-likeness (QED) is 0.902. The van der Waals surface area contributed by atoms with Crippen molar-refractivity contribution in [2.24, 2.45) is 0 Å². The summed E-state index contributed by atoms with van der Waals surface area (Å²) in [7, 11) is 1.68. The van der Waals surface area contributed by atoms with Crippen LogP contribution in [0, 0.1) is 11.6 Å². The Labute approximate surface area is 113 Å². The Bertz CT molecular complexity index is 537. The molecule has 2 aromatic carbocycles. The molecule has 0 saturated heterocycles. The van der Waals surface area contributed by atoms with E-state index in [9.17, 15) is 8.78 Å². The summed E-state index contributed by atoms with van der Waals surface area (Å²) in [5.41, 5.74) is 0.830. The number of hydrogen-bond donors (Lipinski definition) is 1. The summed E-state index contributed by atoms with van der Waals surface area (Å²) in [5.74, 6) is -1.10. The van der Waals surface area contributed by atoms with Crippen molar-refractivity contribution in [2.45, 2.75) is 6.04 Å². The maximum absolute atomic E-state index is 13.8. The standard InChI is InChI=1S/C14H12BrF2N/c1-18-14(9-5-2-3-6-10(9)15)13-11(16)7-4-8-12(13)17/h2-8,14,18H,1H3. The molecule has 2 aromatic rings. The molecule has 1 nitrogen and oxygen atoms in total. The number of rotatable bonds is 3. The fourth-order valence-corrected chi connectivity index (χ4v) is 2.46. The average molecular weight is 312 g/mol. The first-order valence-electron chi connectivity index (χ1n) is 5.50. The topological polar surface area (TPSA) is 12.0 Å². The molecule has 0 radical (unpaired) electrons. The van der Waals surface area contributed by atoms with Crippen LogP contribution in [0.2, 0.25) is 0 Å². The predicted molar refractivity (Wildman–Crippen MR) is 71.4 cm³/mol. The molecule has 1 N–H and O–H groups in total. The minimum atomic E-state index is -0.551. The largest absolute Gasteiger partial charge is 0.309 e. The summed E-state index contributed by atoms with van der Waals surface area (Å²) in [6.07, 6.45) is 0. The lowest BCUT2D eigenvalue weighted by Gasteiger charge is -2.19. The van der Waals surface area contributed by atoms with E-state index in [1.807, 2.05) is 24.3 Å². The molecule has 0 aliphatic carbocycles. The summed E-state index contributed by atoms with van der Waals surface area (Å²) >= 11 is 3.40. The van der Waals surface area contributed by atoms with Crippen LogP contribution >= 0.6 is 15.9 Å². The van der Waals surface area contributed by atoms with Crippen molar-refractivity contribution in [2.75, 3.05) is 7.05 Å². The van der Waals surface area contributed by atoms with Crippen LogP contribution in [0.5, 0.6) is 0 Å². The van der Waals surface area contributed by atoms with E-state index in [0.29, 0.717) is 0 Å². The third-order valence-corrected chi connectivity index (χ3v) is 3.52. The molecule has 0 aliphatic rings. The molecule has 1 unspecified atom stereocenters. The van der Waals surface area contributed by atoms with E-state index in [1.54, 1.807) is 7.05 Å². The molecular formula is C14H12BrF2N. The van der Waals surface area contributed by atoms with Crippen molar-refractivity contribution in [1.29, 1.82) is 0 Å². The van der Waals surface area contributed by atoms with Gasteiger partial charge >= 0.3 is 0 Å². The van der Waals surface area contributed by atoms with Gasteiger partial charge in [-0.15, -0.1) is 0 Å². The molecule has 0 bridgehead atoms. The van der Waals surface area contributed by atoms with Crippen LogP contribution in [-0.2, 0) is 0 Å². The molecule has 0 fully saturated rings. The van der Waals surface area contributed by atoms with Gasteiger partial charge in [0, 0.05) is 10.0 Å². The number of halogens is 3. The van der Waals surface area contributed by atoms with E-state index in [0.717, 1.165) is 10.0 Å². The molecule has 0 amide bonds. The Hall–Kier alpha value is -1.26. The van der Waals surface area contributed by atoms with Crippen LogP contribution in [0.25, 0.3) is 0 Å². The highest BCUT2D eigenvalue weighted by molar-refractivity contribution is 9.10. The molecule has 0 aliphatic heterocycles. The first-order chi connectivity index (χ1) is 8.65. The van der Waals surface area contributed by atoms with Gasteiger partial charge in [-0.3, -0.25) is 0 Å². The van der Waals surface area contributed by atoms with E-state index >= 15 is 0 Å². The minimum Gasteiger partial charge on any atom is -0.309 e. The van der Waals surface area contributed by atoms with Crippen molar-refractivity contribution in [3.8, 4) is 0 Å². The van der Waals surface area contributed by atoms with Gasteiger partial charge in [0.15, 0.2) is 0 Å². The second-order valence-corrected chi connectivity index (χ2v) is 4.73. The summed E-state index contributed by atoms with van der Waals surface area (Å²) < 4.78 is 28.4. The smallest absolute Gasteiger partial charge is 0.131 e. The van der Waals surface area contributed by atoms with Crippen LogP contribution in [0.15, 0.2) is 46.9 Å². The zero-order chi connectivity index (χ0) is 13.1.